The van der Waals surface area contributed by atoms with Crippen molar-refractivity contribution in [2.75, 3.05) is 119 Å². The van der Waals surface area contributed by atoms with Gasteiger partial charge < -0.3 is 83.9 Å². The summed E-state index contributed by atoms with van der Waals surface area (Å²) in [6, 6.07) is 10.5. The largest absolute Gasteiger partial charge is 0.480 e. The fourth-order valence-corrected chi connectivity index (χ4v) is 10.2. The fourth-order valence-electron chi connectivity index (χ4n) is 10.2. The van der Waals surface area contributed by atoms with Crippen LogP contribution in [0.5, 0.6) is 0 Å². The predicted molar refractivity (Wildman–Crippen MR) is 361 cm³/mol. The first kappa shape index (κ1) is 74.5. The zero-order valence-electron chi connectivity index (χ0n) is 54.8. The molecule has 0 radical (unpaired) electrons. The summed E-state index contributed by atoms with van der Waals surface area (Å²) in [6.07, 6.45) is 9.96. The standard InChI is InChI=1S/C64H85N21O13/c1-82(38-42-36-72-57-53(74-42)55(65)78-63(67)80-57)44-15-11-40(12-16-44)59(91)76-46(61(93)94)19-21-49(87)69-25-5-3-7-28-84(31-33-98-35-34-97-32-27-71-48(86)10-9-30-85-51(89)23-24-52(85)90)29-8-4-6-26-70-50(88)22-20-47(62(95)96)77-60(92)41-13-17-45(18-14-41)83(2)39-43-37-73-58-54(75-43)56(66)79-64(68)81-58/h11-18,23-24,36-37,46-47H,3-10,19-22,25-35,38-39H2,1-2H3,(H,69,87)(H,70,88)(H,71,86)(H,76,91)(H,77,92)(H,93,94)(H,95,96)(H4,65,67,72,78,80)(H4,66,68,73,79,81)/t46-,47-/m0/s1. The molecule has 0 fully saturated rings. The Morgan fingerprint density at radius 1 is 0.510 bits per heavy atom. The number of aliphatic carboxylic acids is 2. The normalized spacial score (nSPS) is 12.6. The van der Waals surface area contributed by atoms with Gasteiger partial charge in [0.15, 0.2) is 34.0 Å². The highest BCUT2D eigenvalue weighted by molar-refractivity contribution is 6.13. The third-order valence-corrected chi connectivity index (χ3v) is 15.6. The van der Waals surface area contributed by atoms with Crippen molar-refractivity contribution in [3.05, 3.63) is 95.6 Å². The highest BCUT2D eigenvalue weighted by Gasteiger charge is 2.26. The fraction of sp³-hybridized carbons (Fsp3) is 0.453. The Labute approximate surface area is 564 Å². The summed E-state index contributed by atoms with van der Waals surface area (Å²) in [7, 11) is 3.64. The number of hydrogen-bond acceptors (Lipinski definition) is 26. The third kappa shape index (κ3) is 24.1. The number of imide groups is 1. The topological polar surface area (TPSA) is 493 Å². The molecule has 4 aromatic heterocycles. The van der Waals surface area contributed by atoms with Crippen LogP contribution in [0.25, 0.3) is 22.3 Å². The second kappa shape index (κ2) is 38.0. The maximum atomic E-state index is 13.2. The molecule has 1 aliphatic rings. The van der Waals surface area contributed by atoms with Gasteiger partial charge in [-0.2, -0.15) is 19.9 Å². The highest BCUT2D eigenvalue weighted by Crippen LogP contribution is 2.22. The first-order valence-electron chi connectivity index (χ1n) is 32.1. The number of nitrogens with two attached hydrogens (primary N) is 4. The summed E-state index contributed by atoms with van der Waals surface area (Å²) in [5.41, 5.74) is 27.5. The van der Waals surface area contributed by atoms with Gasteiger partial charge in [-0.3, -0.25) is 38.5 Å². The summed E-state index contributed by atoms with van der Waals surface area (Å²) >= 11 is 0. The molecule has 2 aromatic carbocycles. The number of nitrogen functional groups attached to an aromatic ring is 4. The molecule has 98 heavy (non-hydrogen) atoms. The van der Waals surface area contributed by atoms with E-state index in [0.717, 1.165) is 55.0 Å². The van der Waals surface area contributed by atoms with Crippen LogP contribution in [-0.4, -0.2) is 212 Å². The van der Waals surface area contributed by atoms with Gasteiger partial charge in [0.05, 0.1) is 63.3 Å². The van der Waals surface area contributed by atoms with Crippen LogP contribution in [0.15, 0.2) is 73.1 Å². The Hall–Kier alpha value is -10.9. The van der Waals surface area contributed by atoms with Crippen molar-refractivity contribution >= 4 is 111 Å². The quantitative estimate of drug-likeness (QED) is 0.0189. The SMILES string of the molecule is CN(Cc1cnc2nc(N)nc(N)c2n1)c1ccc(C(=O)N[C@@H](CCC(=O)NCCCCCN(CCCCCNC(=O)CC[C@H](NC(=O)c2ccc(N(C)Cc3cnc4nc(N)nc(N)c4n3)cc2)C(=O)O)CCOCCOCCNC(=O)CCCN2C(=O)C=CC2=O)C(=O)O)cc1. The first-order chi connectivity index (χ1) is 47.1. The molecule has 5 heterocycles. The van der Waals surface area contributed by atoms with Crippen molar-refractivity contribution in [1.82, 2.24) is 76.3 Å². The van der Waals surface area contributed by atoms with E-state index in [0.29, 0.717) is 94.2 Å². The van der Waals surface area contributed by atoms with Crippen LogP contribution in [0, 0.1) is 0 Å². The summed E-state index contributed by atoms with van der Waals surface area (Å²) < 4.78 is 11.5. The van der Waals surface area contributed by atoms with Crippen LogP contribution in [0.2, 0.25) is 0 Å². The van der Waals surface area contributed by atoms with E-state index in [1.165, 1.54) is 12.2 Å². The number of anilines is 6. The molecule has 2 atom stereocenters. The van der Waals surface area contributed by atoms with Crippen LogP contribution in [0.4, 0.5) is 34.9 Å². The zero-order valence-corrected chi connectivity index (χ0v) is 54.8. The predicted octanol–water partition coefficient (Wildman–Crippen LogP) is 1.11. The van der Waals surface area contributed by atoms with E-state index in [9.17, 15) is 53.4 Å². The van der Waals surface area contributed by atoms with Gasteiger partial charge in [0.25, 0.3) is 23.6 Å². The summed E-state index contributed by atoms with van der Waals surface area (Å²) in [5, 5.41) is 33.4. The lowest BCUT2D eigenvalue weighted by Crippen LogP contribution is -2.41. The molecule has 524 valence electrons. The number of ether oxygens (including phenoxy) is 2. The molecule has 0 saturated heterocycles. The molecule has 0 unspecified atom stereocenters. The summed E-state index contributed by atoms with van der Waals surface area (Å²) in [5.74, 6) is -5.29. The van der Waals surface area contributed by atoms with Crippen LogP contribution in [-0.2, 0) is 56.1 Å². The minimum Gasteiger partial charge on any atom is -0.480 e. The first-order valence-corrected chi connectivity index (χ1v) is 32.1. The van der Waals surface area contributed by atoms with Gasteiger partial charge in [-0.05, 0) is 107 Å². The molecular weight excluding hydrogens is 1270 g/mol. The van der Waals surface area contributed by atoms with Crippen molar-refractivity contribution in [2.24, 2.45) is 0 Å². The van der Waals surface area contributed by atoms with Crippen molar-refractivity contribution in [2.45, 2.75) is 102 Å². The third-order valence-electron chi connectivity index (χ3n) is 15.6. The van der Waals surface area contributed by atoms with E-state index in [2.05, 4.69) is 71.4 Å². The minimum atomic E-state index is -1.31. The number of nitrogens with one attached hydrogen (secondary N) is 5. The lowest BCUT2D eigenvalue weighted by Gasteiger charge is -2.22. The van der Waals surface area contributed by atoms with E-state index < -0.39 is 35.8 Å². The van der Waals surface area contributed by atoms with E-state index in [1.54, 1.807) is 60.9 Å². The molecule has 7 rings (SSSR count). The summed E-state index contributed by atoms with van der Waals surface area (Å²) in [6.45, 7) is 5.20. The van der Waals surface area contributed by atoms with Gasteiger partial charge >= 0.3 is 11.9 Å². The Morgan fingerprint density at radius 2 is 0.939 bits per heavy atom. The number of nitrogens with zero attached hydrogens (tertiary/aromatic N) is 12. The van der Waals surface area contributed by atoms with Gasteiger partial charge in [-0.15, -0.1) is 0 Å². The number of rotatable bonds is 43. The van der Waals surface area contributed by atoms with Gasteiger partial charge in [0, 0.05) is 101 Å². The number of unbranched alkanes of at least 4 members (excludes halogenated alkanes) is 4. The van der Waals surface area contributed by atoms with Crippen molar-refractivity contribution in [3.63, 3.8) is 0 Å². The number of hydrogen-bond donors (Lipinski definition) is 11. The van der Waals surface area contributed by atoms with E-state index in [-0.39, 0.29) is 127 Å². The van der Waals surface area contributed by atoms with Gasteiger partial charge in [-0.25, -0.2) is 29.5 Å². The Bertz CT molecular complexity index is 3550. The molecule has 0 spiro atoms. The van der Waals surface area contributed by atoms with Crippen LogP contribution < -0.4 is 59.3 Å². The number of fused-ring (bicyclic) bond motifs is 2. The number of carboxylic acids is 2. The van der Waals surface area contributed by atoms with Gasteiger partial charge in [0.1, 0.15) is 12.1 Å². The van der Waals surface area contributed by atoms with Gasteiger partial charge in [0.2, 0.25) is 29.6 Å². The average Bonchev–Trinajstić information content (AvgIpc) is 1.04. The minimum absolute atomic E-state index is 0.0111. The highest BCUT2D eigenvalue weighted by atomic mass is 16.5. The number of aromatic nitrogens is 8. The zero-order chi connectivity index (χ0) is 70.5. The van der Waals surface area contributed by atoms with E-state index >= 15 is 0 Å². The maximum Gasteiger partial charge on any atom is 0.326 e. The second-order valence-corrected chi connectivity index (χ2v) is 23.1. The summed E-state index contributed by atoms with van der Waals surface area (Å²) in [4.78, 5) is 153. The molecule has 0 aliphatic carbocycles. The van der Waals surface area contributed by atoms with E-state index in [4.69, 9.17) is 32.4 Å². The molecule has 0 saturated carbocycles. The number of carbonyl (C=O) groups is 9. The number of carboxylic acid groups (broad SMARTS) is 2. The molecule has 7 amide bonds. The van der Waals surface area contributed by atoms with Crippen molar-refractivity contribution in [3.8, 4) is 0 Å². The van der Waals surface area contributed by atoms with Crippen LogP contribution in [0.1, 0.15) is 109 Å². The Balaban J connectivity index is 0.777. The monoisotopic (exact) mass is 1360 g/mol. The van der Waals surface area contributed by atoms with Crippen molar-refractivity contribution < 1.29 is 62.8 Å². The number of carbonyl (C=O) groups excluding carboxylic acids is 7. The van der Waals surface area contributed by atoms with Crippen LogP contribution >= 0.6 is 0 Å². The van der Waals surface area contributed by atoms with Crippen LogP contribution in [0.3, 0.4) is 0 Å². The second-order valence-electron chi connectivity index (χ2n) is 23.1. The molecule has 34 nitrogen and oxygen atoms in total. The lowest BCUT2D eigenvalue weighted by atomic mass is 10.1. The number of benzene rings is 2. The van der Waals surface area contributed by atoms with E-state index in [1.807, 2.05) is 23.9 Å². The molecular formula is C64H85N21O13. The van der Waals surface area contributed by atoms with Gasteiger partial charge in [-0.1, -0.05) is 12.8 Å². The van der Waals surface area contributed by atoms with Crippen molar-refractivity contribution in [1.29, 1.82) is 0 Å². The smallest absolute Gasteiger partial charge is 0.326 e. The average molecular weight is 1360 g/mol. The lowest BCUT2D eigenvalue weighted by molar-refractivity contribution is -0.140. The molecule has 6 aromatic rings. The maximum absolute atomic E-state index is 13.2. The molecule has 15 N–H and O–H groups in total. The number of amides is 7. The Kier molecular flexibility index (Phi) is 28.9. The molecule has 0 bridgehead atoms. The Morgan fingerprint density at radius 3 is 1.39 bits per heavy atom. The molecule has 34 heteroatoms. The molecule has 1 aliphatic heterocycles.